The Morgan fingerprint density at radius 3 is 2.70 bits per heavy atom. The van der Waals surface area contributed by atoms with Crippen LogP contribution < -0.4 is 20.0 Å². The average Bonchev–Trinajstić information content (AvgIpc) is 3.47. The molecule has 10 heteroatoms. The lowest BCUT2D eigenvalue weighted by atomic mass is 10.1. The molecule has 2 aromatic carbocycles. The minimum absolute atomic E-state index is 0.194. The van der Waals surface area contributed by atoms with Gasteiger partial charge in [0, 0.05) is 5.56 Å². The predicted molar refractivity (Wildman–Crippen MR) is 112 cm³/mol. The van der Waals surface area contributed by atoms with E-state index in [-0.39, 0.29) is 6.17 Å². The van der Waals surface area contributed by atoms with Crippen molar-refractivity contribution in [2.45, 2.75) is 6.17 Å². The van der Waals surface area contributed by atoms with Crippen molar-refractivity contribution in [1.82, 2.24) is 29.7 Å². The number of ether oxygens (including phenoxy) is 1. The Balaban J connectivity index is 1.53. The lowest BCUT2D eigenvalue weighted by molar-refractivity contribution is 0.396. The van der Waals surface area contributed by atoms with Gasteiger partial charge in [-0.2, -0.15) is 0 Å². The fourth-order valence-corrected chi connectivity index (χ4v) is 4.05. The number of nitrogens with zero attached hydrogens (tertiary/aromatic N) is 8. The number of aromatic nitrogens is 5. The number of imidazole rings is 1. The molecule has 1 atom stereocenters. The van der Waals surface area contributed by atoms with Crippen molar-refractivity contribution in [3.05, 3.63) is 66.7 Å². The molecule has 0 saturated carbocycles. The zero-order chi connectivity index (χ0) is 20.1. The Morgan fingerprint density at radius 1 is 1.03 bits per heavy atom. The standard InChI is InChI=1S/C20H19N9O/c1-30-17-9-5-2-6-14(17)18-25-19-21-10-27(26-11-22-23-12-26)13-28(19)20-24-15-7-3-4-8-16(15)29(18)20/h2-9,11-12,18H,10,13H2,1H3,(H,21,25). The zero-order valence-corrected chi connectivity index (χ0v) is 16.3. The maximum absolute atomic E-state index is 5.65. The van der Waals surface area contributed by atoms with Gasteiger partial charge in [-0.3, -0.25) is 14.5 Å². The Labute approximate surface area is 172 Å². The van der Waals surface area contributed by atoms with Crippen molar-refractivity contribution in [3.8, 4) is 5.75 Å². The van der Waals surface area contributed by atoms with E-state index in [9.17, 15) is 0 Å². The van der Waals surface area contributed by atoms with Crippen LogP contribution in [0.4, 0.5) is 5.95 Å². The van der Waals surface area contributed by atoms with Gasteiger partial charge >= 0.3 is 0 Å². The minimum Gasteiger partial charge on any atom is -0.496 e. The topological polar surface area (TPSA) is 88.6 Å². The first-order chi connectivity index (χ1) is 14.8. The monoisotopic (exact) mass is 401 g/mol. The third kappa shape index (κ3) is 2.43. The Morgan fingerprint density at radius 2 is 1.83 bits per heavy atom. The number of guanidine groups is 1. The van der Waals surface area contributed by atoms with Gasteiger partial charge in [-0.1, -0.05) is 30.3 Å². The number of nitrogens with one attached hydrogen (secondary N) is 1. The van der Waals surface area contributed by atoms with Gasteiger partial charge in [0.1, 0.15) is 37.9 Å². The van der Waals surface area contributed by atoms with Crippen LogP contribution in [0.3, 0.4) is 0 Å². The van der Waals surface area contributed by atoms with Crippen molar-refractivity contribution in [2.75, 3.05) is 30.4 Å². The highest BCUT2D eigenvalue weighted by Crippen LogP contribution is 2.36. The summed E-state index contributed by atoms with van der Waals surface area (Å²) in [5.41, 5.74) is 2.99. The van der Waals surface area contributed by atoms with Gasteiger partial charge in [-0.15, -0.1) is 10.2 Å². The maximum atomic E-state index is 5.65. The molecule has 0 aliphatic carbocycles. The molecule has 4 aromatic rings. The first kappa shape index (κ1) is 16.8. The van der Waals surface area contributed by atoms with Crippen LogP contribution in [-0.2, 0) is 0 Å². The second-order valence-electron chi connectivity index (χ2n) is 7.10. The number of benzene rings is 2. The molecular formula is C20H19N9O. The largest absolute Gasteiger partial charge is 0.496 e. The van der Waals surface area contributed by atoms with E-state index in [0.29, 0.717) is 13.3 Å². The van der Waals surface area contributed by atoms with Crippen LogP contribution in [0, 0.1) is 0 Å². The SMILES string of the molecule is COc1ccccc1C1NC2=NCN(n3cnnc3)CN2c2nc3ccccc3n21. The summed E-state index contributed by atoms with van der Waals surface area (Å²) in [6.45, 7) is 1.04. The van der Waals surface area contributed by atoms with Crippen LogP contribution in [0.15, 0.2) is 66.2 Å². The Hall–Kier alpha value is -4.08. The van der Waals surface area contributed by atoms with Crippen molar-refractivity contribution in [1.29, 1.82) is 0 Å². The predicted octanol–water partition coefficient (Wildman–Crippen LogP) is 1.52. The molecule has 2 aromatic heterocycles. The molecule has 2 aliphatic rings. The van der Waals surface area contributed by atoms with E-state index < -0.39 is 0 Å². The van der Waals surface area contributed by atoms with Gasteiger partial charge in [-0.05, 0) is 18.2 Å². The van der Waals surface area contributed by atoms with Crippen LogP contribution in [0.1, 0.15) is 11.7 Å². The molecule has 30 heavy (non-hydrogen) atoms. The van der Waals surface area contributed by atoms with Gasteiger partial charge < -0.3 is 10.1 Å². The summed E-state index contributed by atoms with van der Waals surface area (Å²) in [4.78, 5) is 11.8. The molecule has 0 spiro atoms. The highest BCUT2D eigenvalue weighted by Gasteiger charge is 2.36. The molecule has 0 amide bonds. The van der Waals surface area contributed by atoms with E-state index in [1.165, 1.54) is 0 Å². The summed E-state index contributed by atoms with van der Waals surface area (Å²) in [7, 11) is 1.69. The number of aliphatic imine (C=N–C) groups is 1. The molecule has 150 valence electrons. The number of rotatable bonds is 3. The smallest absolute Gasteiger partial charge is 0.217 e. The number of hydrogen-bond acceptors (Lipinski definition) is 8. The minimum atomic E-state index is -0.194. The number of hydrogen-bond donors (Lipinski definition) is 1. The van der Waals surface area contributed by atoms with Crippen molar-refractivity contribution >= 4 is 22.9 Å². The number of para-hydroxylation sites is 3. The fourth-order valence-electron chi connectivity index (χ4n) is 4.05. The second-order valence-corrected chi connectivity index (χ2v) is 7.10. The summed E-state index contributed by atoms with van der Waals surface area (Å²) in [5.74, 6) is 2.41. The fraction of sp³-hybridized carbons (Fsp3) is 0.200. The van der Waals surface area contributed by atoms with E-state index >= 15 is 0 Å². The van der Waals surface area contributed by atoms with Crippen LogP contribution in [0.5, 0.6) is 5.75 Å². The summed E-state index contributed by atoms with van der Waals surface area (Å²) in [6.07, 6.45) is 3.14. The third-order valence-electron chi connectivity index (χ3n) is 5.45. The van der Waals surface area contributed by atoms with Crippen LogP contribution >= 0.6 is 0 Å². The van der Waals surface area contributed by atoms with E-state index in [1.54, 1.807) is 19.8 Å². The van der Waals surface area contributed by atoms with Crippen LogP contribution in [0.25, 0.3) is 11.0 Å². The molecule has 1 N–H and O–H groups in total. The number of anilines is 1. The third-order valence-corrected chi connectivity index (χ3v) is 5.45. The van der Waals surface area contributed by atoms with Gasteiger partial charge in [-0.25, -0.2) is 14.7 Å². The zero-order valence-electron chi connectivity index (χ0n) is 16.3. The lowest BCUT2D eigenvalue weighted by Crippen LogP contribution is -2.59. The van der Waals surface area contributed by atoms with Crippen molar-refractivity contribution in [2.24, 2.45) is 4.99 Å². The van der Waals surface area contributed by atoms with E-state index in [4.69, 9.17) is 14.7 Å². The molecular weight excluding hydrogens is 382 g/mol. The van der Waals surface area contributed by atoms with Gasteiger partial charge in [0.2, 0.25) is 11.9 Å². The molecule has 2 aliphatic heterocycles. The average molecular weight is 401 g/mol. The Bertz CT molecular complexity index is 1250. The normalized spacial score (nSPS) is 17.9. The van der Waals surface area contributed by atoms with Crippen molar-refractivity contribution < 1.29 is 4.74 Å². The molecule has 1 unspecified atom stereocenters. The molecule has 4 heterocycles. The highest BCUT2D eigenvalue weighted by atomic mass is 16.5. The summed E-state index contributed by atoms with van der Waals surface area (Å²) in [5, 5.41) is 13.4. The Kier molecular flexibility index (Phi) is 3.63. The van der Waals surface area contributed by atoms with Crippen molar-refractivity contribution in [3.63, 3.8) is 0 Å². The quantitative estimate of drug-likeness (QED) is 0.557. The van der Waals surface area contributed by atoms with Crippen LogP contribution in [-0.4, -0.2) is 50.8 Å². The first-order valence-electron chi connectivity index (χ1n) is 9.62. The van der Waals surface area contributed by atoms with Gasteiger partial charge in [0.25, 0.3) is 0 Å². The van der Waals surface area contributed by atoms with Crippen LogP contribution in [0.2, 0.25) is 0 Å². The number of methoxy groups -OCH3 is 1. The molecule has 0 saturated heterocycles. The summed E-state index contributed by atoms with van der Waals surface area (Å²) in [6, 6.07) is 16.2. The molecule has 6 rings (SSSR count). The molecule has 0 radical (unpaired) electrons. The highest BCUT2D eigenvalue weighted by molar-refractivity contribution is 5.99. The van der Waals surface area contributed by atoms with Gasteiger partial charge in [0.15, 0.2) is 0 Å². The summed E-state index contributed by atoms with van der Waals surface area (Å²) < 4.78 is 9.68. The molecule has 10 nitrogen and oxygen atoms in total. The maximum Gasteiger partial charge on any atom is 0.217 e. The van der Waals surface area contributed by atoms with Gasteiger partial charge in [0.05, 0.1) is 18.1 Å². The van der Waals surface area contributed by atoms with E-state index in [1.807, 2.05) is 46.1 Å². The lowest BCUT2D eigenvalue weighted by Gasteiger charge is -2.42. The second kappa shape index (κ2) is 6.48. The summed E-state index contributed by atoms with van der Waals surface area (Å²) >= 11 is 0. The number of fused-ring (bicyclic) bond motifs is 5. The van der Waals surface area contributed by atoms with E-state index in [0.717, 1.165) is 34.3 Å². The molecule has 0 bridgehead atoms. The first-order valence-corrected chi connectivity index (χ1v) is 9.62. The molecule has 0 fully saturated rings. The van der Waals surface area contributed by atoms with E-state index in [2.05, 4.69) is 37.1 Å².